The molecular formula is C27H30N4O4S. The van der Waals surface area contributed by atoms with Crippen molar-refractivity contribution in [3.8, 4) is 22.6 Å². The van der Waals surface area contributed by atoms with E-state index in [1.165, 1.54) is 11.3 Å². The number of benzene rings is 2. The van der Waals surface area contributed by atoms with Crippen LogP contribution >= 0.6 is 11.3 Å². The number of aromatic nitrogens is 1. The van der Waals surface area contributed by atoms with Crippen LogP contribution in [0.25, 0.3) is 21.3 Å². The normalized spacial score (nSPS) is 20.9. The van der Waals surface area contributed by atoms with Crippen LogP contribution < -0.4 is 19.7 Å². The van der Waals surface area contributed by atoms with E-state index in [4.69, 9.17) is 14.2 Å². The smallest absolute Gasteiger partial charge is 0.220 e. The Morgan fingerprint density at radius 3 is 2.64 bits per heavy atom. The number of piperazine rings is 1. The van der Waals surface area contributed by atoms with E-state index in [9.17, 15) is 4.79 Å². The van der Waals surface area contributed by atoms with Gasteiger partial charge >= 0.3 is 0 Å². The summed E-state index contributed by atoms with van der Waals surface area (Å²) in [7, 11) is 1.73. The molecule has 1 aromatic heterocycles. The number of rotatable bonds is 7. The summed E-state index contributed by atoms with van der Waals surface area (Å²) >= 11 is 1.54. The lowest BCUT2D eigenvalue weighted by molar-refractivity contribution is -0.119. The number of thiazole rings is 1. The molecule has 2 aromatic carbocycles. The molecule has 36 heavy (non-hydrogen) atoms. The summed E-state index contributed by atoms with van der Waals surface area (Å²) in [6, 6.07) is 11.1. The van der Waals surface area contributed by atoms with Gasteiger partial charge in [-0.25, -0.2) is 4.98 Å². The standard InChI is InChI=1S/C27H30N4O4S/c1-17(20-12-26(32)28-13-20)35-25-11-19(9-22-27(25)36-16-29-22)18-3-4-23(24(10-18)33-2)31-7-5-30(6-8-31)21-14-34-15-21/h3-4,9-11,16,20-21H,1,5-8,12-15H2,2H3,(H,28,32)/t20-/m1/s1. The summed E-state index contributed by atoms with van der Waals surface area (Å²) in [4.78, 5) is 21.1. The van der Waals surface area contributed by atoms with E-state index in [0.29, 0.717) is 30.5 Å². The van der Waals surface area contributed by atoms with Crippen LogP contribution in [0.4, 0.5) is 5.69 Å². The average Bonchev–Trinajstić information content (AvgIpc) is 3.52. The Morgan fingerprint density at radius 2 is 1.94 bits per heavy atom. The number of hydrogen-bond donors (Lipinski definition) is 1. The van der Waals surface area contributed by atoms with Crippen LogP contribution in [0.15, 0.2) is 48.2 Å². The first-order valence-electron chi connectivity index (χ1n) is 12.3. The number of hydrogen-bond acceptors (Lipinski definition) is 8. The van der Waals surface area contributed by atoms with Crippen LogP contribution in [0.1, 0.15) is 6.42 Å². The van der Waals surface area contributed by atoms with E-state index in [1.54, 1.807) is 7.11 Å². The van der Waals surface area contributed by atoms with Crippen LogP contribution in [0.3, 0.4) is 0 Å². The number of carbonyl (C=O) groups excluding carboxylic acids is 1. The topological polar surface area (TPSA) is 76.2 Å². The Labute approximate surface area is 214 Å². The highest BCUT2D eigenvalue weighted by Gasteiger charge is 2.30. The van der Waals surface area contributed by atoms with Crippen molar-refractivity contribution in [2.75, 3.05) is 57.9 Å². The van der Waals surface area contributed by atoms with E-state index >= 15 is 0 Å². The van der Waals surface area contributed by atoms with Gasteiger partial charge in [0, 0.05) is 45.1 Å². The Kier molecular flexibility index (Phi) is 6.29. The molecule has 6 rings (SSSR count). The molecule has 4 heterocycles. The third kappa shape index (κ3) is 4.42. The second-order valence-electron chi connectivity index (χ2n) is 9.55. The largest absolute Gasteiger partial charge is 0.495 e. The first-order valence-corrected chi connectivity index (χ1v) is 13.2. The molecule has 3 aliphatic rings. The molecule has 3 aliphatic heterocycles. The number of fused-ring (bicyclic) bond motifs is 1. The minimum absolute atomic E-state index is 0.0270. The molecule has 1 amide bonds. The molecule has 3 fully saturated rings. The molecule has 0 aliphatic carbocycles. The summed E-state index contributed by atoms with van der Waals surface area (Å²) in [5.74, 6) is 2.18. The summed E-state index contributed by atoms with van der Waals surface area (Å²) < 4.78 is 18.4. The summed E-state index contributed by atoms with van der Waals surface area (Å²) in [5.41, 5.74) is 5.84. The molecule has 1 atom stereocenters. The van der Waals surface area contributed by atoms with Crippen LogP contribution in [0.2, 0.25) is 0 Å². The Morgan fingerprint density at radius 1 is 1.14 bits per heavy atom. The van der Waals surface area contributed by atoms with Crippen molar-refractivity contribution >= 4 is 33.1 Å². The lowest BCUT2D eigenvalue weighted by Gasteiger charge is -2.43. The van der Waals surface area contributed by atoms with E-state index in [0.717, 1.165) is 72.2 Å². The van der Waals surface area contributed by atoms with Gasteiger partial charge in [0.2, 0.25) is 5.91 Å². The van der Waals surface area contributed by atoms with Gasteiger partial charge in [0.25, 0.3) is 0 Å². The molecule has 3 aromatic rings. The molecule has 8 nitrogen and oxygen atoms in total. The van der Waals surface area contributed by atoms with E-state index < -0.39 is 0 Å². The van der Waals surface area contributed by atoms with Gasteiger partial charge in [0.05, 0.1) is 47.8 Å². The monoisotopic (exact) mass is 506 g/mol. The second-order valence-corrected chi connectivity index (χ2v) is 10.4. The minimum Gasteiger partial charge on any atom is -0.495 e. The maximum atomic E-state index is 11.6. The zero-order chi connectivity index (χ0) is 24.6. The highest BCUT2D eigenvalue weighted by Crippen LogP contribution is 2.39. The van der Waals surface area contributed by atoms with Gasteiger partial charge in [-0.05, 0) is 35.4 Å². The number of anilines is 1. The van der Waals surface area contributed by atoms with E-state index in [2.05, 4.69) is 50.9 Å². The number of nitrogens with one attached hydrogen (secondary N) is 1. The minimum atomic E-state index is -0.0270. The van der Waals surface area contributed by atoms with Crippen LogP contribution in [-0.2, 0) is 9.53 Å². The number of nitrogens with zero attached hydrogens (tertiary/aromatic N) is 3. The van der Waals surface area contributed by atoms with Crippen LogP contribution in [0.5, 0.6) is 11.5 Å². The molecule has 9 heteroatoms. The van der Waals surface area contributed by atoms with Crippen molar-refractivity contribution in [3.05, 3.63) is 48.2 Å². The lowest BCUT2D eigenvalue weighted by atomic mass is 10.0. The predicted octanol–water partition coefficient (Wildman–Crippen LogP) is 3.52. The molecule has 1 N–H and O–H groups in total. The number of methoxy groups -OCH3 is 1. The molecule has 188 valence electrons. The van der Waals surface area contributed by atoms with Gasteiger partial charge in [-0.1, -0.05) is 12.6 Å². The van der Waals surface area contributed by atoms with Crippen molar-refractivity contribution in [2.24, 2.45) is 5.92 Å². The quantitative estimate of drug-likeness (QED) is 0.492. The number of carbonyl (C=O) groups is 1. The molecule has 3 saturated heterocycles. The summed E-state index contributed by atoms with van der Waals surface area (Å²) in [5, 5.41) is 2.85. The maximum absolute atomic E-state index is 11.6. The van der Waals surface area contributed by atoms with Crippen LogP contribution in [-0.4, -0.2) is 74.9 Å². The van der Waals surface area contributed by atoms with Gasteiger partial charge in [-0.2, -0.15) is 0 Å². The summed E-state index contributed by atoms with van der Waals surface area (Å²) in [6.45, 7) is 10.4. The Balaban J connectivity index is 1.25. The highest BCUT2D eigenvalue weighted by molar-refractivity contribution is 7.17. The van der Waals surface area contributed by atoms with Gasteiger partial charge in [0.15, 0.2) is 0 Å². The third-order valence-electron chi connectivity index (χ3n) is 7.38. The molecule has 0 unspecified atom stereocenters. The molecule has 0 saturated carbocycles. The average molecular weight is 507 g/mol. The number of amides is 1. The van der Waals surface area contributed by atoms with E-state index in [1.807, 2.05) is 11.6 Å². The van der Waals surface area contributed by atoms with Crippen molar-refractivity contribution in [1.29, 1.82) is 0 Å². The maximum Gasteiger partial charge on any atom is 0.220 e. The van der Waals surface area contributed by atoms with Crippen LogP contribution in [0, 0.1) is 5.92 Å². The molecule has 0 bridgehead atoms. The first kappa shape index (κ1) is 23.3. The van der Waals surface area contributed by atoms with Crippen molar-refractivity contribution in [1.82, 2.24) is 15.2 Å². The first-order chi connectivity index (χ1) is 17.6. The van der Waals surface area contributed by atoms with Crippen molar-refractivity contribution in [3.63, 3.8) is 0 Å². The summed E-state index contributed by atoms with van der Waals surface area (Å²) in [6.07, 6.45) is 0.408. The number of ether oxygens (including phenoxy) is 3. The Bertz CT molecular complexity index is 1300. The second kappa shape index (κ2) is 9.72. The third-order valence-corrected chi connectivity index (χ3v) is 8.23. The van der Waals surface area contributed by atoms with Gasteiger partial charge in [0.1, 0.15) is 17.3 Å². The lowest BCUT2D eigenvalue weighted by Crippen LogP contribution is -2.56. The fourth-order valence-corrected chi connectivity index (χ4v) is 5.84. The highest BCUT2D eigenvalue weighted by atomic mass is 32.1. The van der Waals surface area contributed by atoms with Crippen molar-refractivity contribution in [2.45, 2.75) is 12.5 Å². The molecule has 0 spiro atoms. The molecular weight excluding hydrogens is 476 g/mol. The van der Waals surface area contributed by atoms with Gasteiger partial charge in [-0.3, -0.25) is 9.69 Å². The predicted molar refractivity (Wildman–Crippen MR) is 141 cm³/mol. The molecule has 0 radical (unpaired) electrons. The van der Waals surface area contributed by atoms with E-state index in [-0.39, 0.29) is 11.8 Å². The van der Waals surface area contributed by atoms with Crippen molar-refractivity contribution < 1.29 is 19.0 Å². The zero-order valence-corrected chi connectivity index (χ0v) is 21.2. The fraction of sp³-hybridized carbons (Fsp3) is 0.407. The SMILES string of the molecule is C=C(Oc1cc(-c2ccc(N3CCN(C4COC4)CC3)c(OC)c2)cc2ncsc12)[C@H]1CNC(=O)C1. The fourth-order valence-electron chi connectivity index (χ4n) is 5.12. The van der Waals surface area contributed by atoms with Gasteiger partial charge < -0.3 is 24.4 Å². The van der Waals surface area contributed by atoms with Gasteiger partial charge in [-0.15, -0.1) is 11.3 Å². The zero-order valence-electron chi connectivity index (χ0n) is 20.4. The Hall–Kier alpha value is -3.14.